The highest BCUT2D eigenvalue weighted by molar-refractivity contribution is 9.10. The minimum atomic E-state index is -0.305. The number of rotatable bonds is 9. The van der Waals surface area contributed by atoms with Gasteiger partial charge in [0.25, 0.3) is 11.8 Å². The number of hydrogen-bond acceptors (Lipinski definition) is 4. The first-order valence-electron chi connectivity index (χ1n) is 8.55. The Morgan fingerprint density at radius 2 is 1.96 bits per heavy atom. The van der Waals surface area contributed by atoms with E-state index >= 15 is 0 Å². The smallest absolute Gasteiger partial charge is 0.262 e. The van der Waals surface area contributed by atoms with Crippen molar-refractivity contribution in [3.05, 3.63) is 58.1 Å². The van der Waals surface area contributed by atoms with Gasteiger partial charge in [0, 0.05) is 31.5 Å². The first-order valence-corrected chi connectivity index (χ1v) is 9.35. The zero-order valence-electron chi connectivity index (χ0n) is 15.4. The van der Waals surface area contributed by atoms with Gasteiger partial charge in [0.15, 0.2) is 6.61 Å². The number of hydrogen-bond donors (Lipinski definition) is 2. The van der Waals surface area contributed by atoms with Crippen molar-refractivity contribution in [1.29, 1.82) is 0 Å². The standard InChI is InChI=1S/C20H23BrN2O4/c1-14-7-8-18(17(21)11-14)27-13-19(24)23-16-6-3-5-15(12-16)20(25)22-9-4-10-26-2/h3,5-8,11-12H,4,9-10,13H2,1-2H3,(H,22,25)(H,23,24). The van der Waals surface area contributed by atoms with Gasteiger partial charge in [0.05, 0.1) is 4.47 Å². The number of methoxy groups -OCH3 is 1. The van der Waals surface area contributed by atoms with Crippen LogP contribution in [0.25, 0.3) is 0 Å². The number of anilines is 1. The summed E-state index contributed by atoms with van der Waals surface area (Å²) in [6.07, 6.45) is 0.741. The van der Waals surface area contributed by atoms with Gasteiger partial charge in [0.1, 0.15) is 5.75 Å². The molecular weight excluding hydrogens is 412 g/mol. The summed E-state index contributed by atoms with van der Waals surface area (Å²) in [5.74, 6) is 0.0992. The van der Waals surface area contributed by atoms with Crippen LogP contribution in [0.3, 0.4) is 0 Å². The number of carbonyl (C=O) groups is 2. The van der Waals surface area contributed by atoms with Crippen LogP contribution in [0.15, 0.2) is 46.9 Å². The molecule has 2 amide bonds. The number of carbonyl (C=O) groups excluding carboxylic acids is 2. The fraction of sp³-hybridized carbons (Fsp3) is 0.300. The van der Waals surface area contributed by atoms with E-state index in [1.165, 1.54) is 0 Å². The molecule has 2 rings (SSSR count). The number of benzene rings is 2. The van der Waals surface area contributed by atoms with Crippen LogP contribution in [-0.2, 0) is 9.53 Å². The van der Waals surface area contributed by atoms with Gasteiger partial charge in [-0.2, -0.15) is 0 Å². The number of ether oxygens (including phenoxy) is 2. The molecule has 2 aromatic rings. The van der Waals surface area contributed by atoms with Crippen LogP contribution in [0.5, 0.6) is 5.75 Å². The summed E-state index contributed by atoms with van der Waals surface area (Å²) in [5, 5.41) is 5.55. The third kappa shape index (κ3) is 7.03. The van der Waals surface area contributed by atoms with Crippen molar-refractivity contribution in [2.24, 2.45) is 0 Å². The zero-order valence-corrected chi connectivity index (χ0v) is 17.0. The molecular formula is C20H23BrN2O4. The molecule has 0 aliphatic carbocycles. The third-order valence-electron chi connectivity index (χ3n) is 3.67. The number of halogens is 1. The molecule has 0 bridgehead atoms. The Bertz CT molecular complexity index is 795. The van der Waals surface area contributed by atoms with Gasteiger partial charge >= 0.3 is 0 Å². The third-order valence-corrected chi connectivity index (χ3v) is 4.29. The Morgan fingerprint density at radius 1 is 1.15 bits per heavy atom. The van der Waals surface area contributed by atoms with E-state index in [4.69, 9.17) is 9.47 Å². The quantitative estimate of drug-likeness (QED) is 0.591. The number of amides is 2. The van der Waals surface area contributed by atoms with Gasteiger partial charge in [0.2, 0.25) is 0 Å². The van der Waals surface area contributed by atoms with Gasteiger partial charge in [-0.05, 0) is 65.2 Å². The Hall–Kier alpha value is -2.38. The summed E-state index contributed by atoms with van der Waals surface area (Å²) in [4.78, 5) is 24.3. The highest BCUT2D eigenvalue weighted by Crippen LogP contribution is 2.25. The number of aryl methyl sites for hydroxylation is 1. The lowest BCUT2D eigenvalue weighted by Crippen LogP contribution is -2.25. The second-order valence-corrected chi connectivity index (χ2v) is 6.81. The van der Waals surface area contributed by atoms with Gasteiger partial charge in [-0.25, -0.2) is 0 Å². The molecule has 2 N–H and O–H groups in total. The first kappa shape index (κ1) is 20.9. The molecule has 0 spiro atoms. The zero-order chi connectivity index (χ0) is 19.6. The maximum atomic E-state index is 12.1. The van der Waals surface area contributed by atoms with Crippen LogP contribution in [0, 0.1) is 6.92 Å². The van der Waals surface area contributed by atoms with Crippen LogP contribution in [0.1, 0.15) is 22.3 Å². The second kappa shape index (κ2) is 10.7. The fourth-order valence-electron chi connectivity index (χ4n) is 2.32. The van der Waals surface area contributed by atoms with Gasteiger partial charge in [-0.3, -0.25) is 9.59 Å². The fourth-order valence-corrected chi connectivity index (χ4v) is 2.93. The molecule has 0 saturated heterocycles. The van der Waals surface area contributed by atoms with E-state index in [2.05, 4.69) is 26.6 Å². The van der Waals surface area contributed by atoms with E-state index in [1.807, 2.05) is 19.1 Å². The summed E-state index contributed by atoms with van der Waals surface area (Å²) in [7, 11) is 1.62. The van der Waals surface area contributed by atoms with Gasteiger partial charge in [-0.15, -0.1) is 0 Å². The lowest BCUT2D eigenvalue weighted by molar-refractivity contribution is -0.118. The average Bonchev–Trinajstić information content (AvgIpc) is 2.64. The van der Waals surface area contributed by atoms with Crippen LogP contribution >= 0.6 is 15.9 Å². The van der Waals surface area contributed by atoms with Crippen molar-refractivity contribution in [3.63, 3.8) is 0 Å². The maximum absolute atomic E-state index is 12.1. The molecule has 0 atom stereocenters. The molecule has 0 heterocycles. The normalized spacial score (nSPS) is 10.3. The predicted molar refractivity (Wildman–Crippen MR) is 108 cm³/mol. The highest BCUT2D eigenvalue weighted by atomic mass is 79.9. The molecule has 0 aliphatic heterocycles. The molecule has 0 saturated carbocycles. The minimum Gasteiger partial charge on any atom is -0.483 e. The summed E-state index contributed by atoms with van der Waals surface area (Å²) >= 11 is 3.41. The Labute approximate surface area is 167 Å². The van der Waals surface area contributed by atoms with Crippen molar-refractivity contribution in [1.82, 2.24) is 5.32 Å². The molecule has 0 unspecified atom stereocenters. The lowest BCUT2D eigenvalue weighted by atomic mass is 10.2. The molecule has 7 heteroatoms. The summed E-state index contributed by atoms with van der Waals surface area (Å²) < 4.78 is 11.3. The molecule has 0 radical (unpaired) electrons. The SMILES string of the molecule is COCCCNC(=O)c1cccc(NC(=O)COc2ccc(C)cc2Br)c1. The molecule has 6 nitrogen and oxygen atoms in total. The lowest BCUT2D eigenvalue weighted by Gasteiger charge is -2.10. The van der Waals surface area contributed by atoms with Gasteiger partial charge in [-0.1, -0.05) is 12.1 Å². The highest BCUT2D eigenvalue weighted by Gasteiger charge is 2.09. The Morgan fingerprint density at radius 3 is 2.70 bits per heavy atom. The second-order valence-electron chi connectivity index (χ2n) is 5.95. The Balaban J connectivity index is 1.87. The van der Waals surface area contributed by atoms with E-state index in [1.54, 1.807) is 37.4 Å². The Kier molecular flexibility index (Phi) is 8.29. The van der Waals surface area contributed by atoms with Crippen molar-refractivity contribution >= 4 is 33.4 Å². The summed E-state index contributed by atoms with van der Waals surface area (Å²) in [5.41, 5.74) is 2.11. The molecule has 0 aliphatic rings. The van der Waals surface area contributed by atoms with E-state index in [9.17, 15) is 9.59 Å². The average molecular weight is 435 g/mol. The largest absolute Gasteiger partial charge is 0.483 e. The maximum Gasteiger partial charge on any atom is 0.262 e. The van der Waals surface area contributed by atoms with Crippen molar-refractivity contribution < 1.29 is 19.1 Å². The first-order chi connectivity index (χ1) is 13.0. The van der Waals surface area contributed by atoms with Crippen LogP contribution in [-0.4, -0.2) is 38.7 Å². The van der Waals surface area contributed by atoms with E-state index in [0.29, 0.717) is 30.2 Å². The molecule has 0 fully saturated rings. The van der Waals surface area contributed by atoms with Crippen LogP contribution in [0.4, 0.5) is 5.69 Å². The number of nitrogens with one attached hydrogen (secondary N) is 2. The molecule has 144 valence electrons. The summed E-state index contributed by atoms with van der Waals surface area (Å²) in [6, 6.07) is 12.4. The van der Waals surface area contributed by atoms with Crippen molar-refractivity contribution in [2.75, 3.05) is 32.2 Å². The summed E-state index contributed by atoms with van der Waals surface area (Å²) in [6.45, 7) is 2.97. The van der Waals surface area contributed by atoms with Crippen LogP contribution in [0.2, 0.25) is 0 Å². The molecule has 27 heavy (non-hydrogen) atoms. The molecule has 0 aromatic heterocycles. The monoisotopic (exact) mass is 434 g/mol. The van der Waals surface area contributed by atoms with E-state index in [-0.39, 0.29) is 18.4 Å². The predicted octanol–water partition coefficient (Wildman–Crippen LogP) is 3.54. The van der Waals surface area contributed by atoms with Crippen LogP contribution < -0.4 is 15.4 Å². The van der Waals surface area contributed by atoms with Crippen molar-refractivity contribution in [3.8, 4) is 5.75 Å². The van der Waals surface area contributed by atoms with Crippen molar-refractivity contribution in [2.45, 2.75) is 13.3 Å². The van der Waals surface area contributed by atoms with E-state index in [0.717, 1.165) is 16.5 Å². The van der Waals surface area contributed by atoms with E-state index < -0.39 is 0 Å². The van der Waals surface area contributed by atoms with Gasteiger partial charge < -0.3 is 20.1 Å². The molecule has 2 aromatic carbocycles. The topological polar surface area (TPSA) is 76.7 Å². The minimum absolute atomic E-state index is 0.130.